The molecule has 5 nitrogen and oxygen atoms in total. The molecule has 3 rings (SSSR count). The van der Waals surface area contributed by atoms with Crippen molar-refractivity contribution in [2.45, 2.75) is 0 Å². The van der Waals surface area contributed by atoms with Gasteiger partial charge in [-0.25, -0.2) is 0 Å². The summed E-state index contributed by atoms with van der Waals surface area (Å²) < 4.78 is 3.30. The number of piperazine rings is 1. The lowest BCUT2D eigenvalue weighted by Crippen LogP contribution is -2.47. The molecule has 0 aliphatic carbocycles. The van der Waals surface area contributed by atoms with Crippen LogP contribution in [-0.4, -0.2) is 35.5 Å². The molecule has 3 aliphatic rings. The fraction of sp³-hybridized carbons (Fsp3) is 0.667. The highest BCUT2D eigenvalue weighted by atomic mass is 32.2. The second kappa shape index (κ2) is 2.45. The third-order valence-corrected chi connectivity index (χ3v) is 3.00. The first-order chi connectivity index (χ1) is 5.95. The van der Waals surface area contributed by atoms with Gasteiger partial charge in [0.2, 0.25) is 0 Å². The number of fused-ring (bicyclic) bond motifs is 2. The molecule has 0 radical (unpaired) electrons. The number of hydrazine groups is 2. The summed E-state index contributed by atoms with van der Waals surface area (Å²) in [7, 11) is 0. The van der Waals surface area contributed by atoms with Crippen molar-refractivity contribution >= 4 is 11.9 Å². The zero-order valence-corrected chi connectivity index (χ0v) is 7.45. The highest BCUT2D eigenvalue weighted by Crippen LogP contribution is 2.26. The molecule has 0 aromatic heterocycles. The van der Waals surface area contributed by atoms with Gasteiger partial charge < -0.3 is 10.0 Å². The van der Waals surface area contributed by atoms with Gasteiger partial charge in [-0.15, -0.1) is 5.53 Å². The molecule has 0 unspecified atom stereocenters. The lowest BCUT2D eigenvalue weighted by Gasteiger charge is -2.27. The minimum Gasteiger partial charge on any atom is -0.312 e. The van der Waals surface area contributed by atoms with E-state index < -0.39 is 0 Å². The summed E-state index contributed by atoms with van der Waals surface area (Å²) in [6.45, 7) is 3.07. The zero-order valence-electron chi connectivity index (χ0n) is 6.63. The standard InChI is InChI=1S/C6H11N5S/c1-2-10-5(3-7-1)6-8-12-4-11(6)9-10/h7-9H,1-4H2. The Morgan fingerprint density at radius 3 is 3.33 bits per heavy atom. The van der Waals surface area contributed by atoms with Crippen molar-refractivity contribution in [3.63, 3.8) is 0 Å². The Hall–Kier alpha value is -0.590. The maximum atomic E-state index is 3.35. The highest BCUT2D eigenvalue weighted by molar-refractivity contribution is 7.97. The third-order valence-electron chi connectivity index (χ3n) is 2.28. The summed E-state index contributed by atoms with van der Waals surface area (Å²) in [5.41, 5.74) is 4.66. The van der Waals surface area contributed by atoms with Gasteiger partial charge in [0, 0.05) is 19.6 Å². The van der Waals surface area contributed by atoms with Crippen molar-refractivity contribution in [3.05, 3.63) is 11.5 Å². The lowest BCUT2D eigenvalue weighted by atomic mass is 10.3. The number of rotatable bonds is 0. The quantitative estimate of drug-likeness (QED) is 0.421. The van der Waals surface area contributed by atoms with Crippen LogP contribution in [0.1, 0.15) is 0 Å². The van der Waals surface area contributed by atoms with Crippen LogP contribution in [-0.2, 0) is 0 Å². The van der Waals surface area contributed by atoms with Crippen LogP contribution < -0.4 is 15.6 Å². The molecule has 66 valence electrons. The van der Waals surface area contributed by atoms with E-state index in [0.717, 1.165) is 25.5 Å². The monoisotopic (exact) mass is 185 g/mol. The van der Waals surface area contributed by atoms with Gasteiger partial charge >= 0.3 is 0 Å². The molecular weight excluding hydrogens is 174 g/mol. The van der Waals surface area contributed by atoms with Gasteiger partial charge in [-0.05, 0) is 11.9 Å². The van der Waals surface area contributed by atoms with Gasteiger partial charge in [-0.2, -0.15) is 0 Å². The zero-order chi connectivity index (χ0) is 7.97. The Kier molecular flexibility index (Phi) is 1.40. The molecule has 0 aromatic carbocycles. The average Bonchev–Trinajstić information content (AvgIpc) is 2.62. The van der Waals surface area contributed by atoms with E-state index in [9.17, 15) is 0 Å². The molecule has 3 aliphatic heterocycles. The van der Waals surface area contributed by atoms with Crippen molar-refractivity contribution in [2.24, 2.45) is 0 Å². The molecule has 0 amide bonds. The molecule has 0 aromatic rings. The largest absolute Gasteiger partial charge is 0.312 e. The smallest absolute Gasteiger partial charge is 0.151 e. The van der Waals surface area contributed by atoms with Crippen LogP contribution in [0.15, 0.2) is 11.5 Å². The number of nitrogens with one attached hydrogen (secondary N) is 3. The van der Waals surface area contributed by atoms with E-state index >= 15 is 0 Å². The molecule has 0 saturated carbocycles. The first-order valence-corrected chi connectivity index (χ1v) is 5.07. The van der Waals surface area contributed by atoms with Crippen molar-refractivity contribution < 1.29 is 0 Å². The Morgan fingerprint density at radius 1 is 1.33 bits per heavy atom. The third kappa shape index (κ3) is 0.825. The van der Waals surface area contributed by atoms with Crippen molar-refractivity contribution in [2.75, 3.05) is 25.5 Å². The van der Waals surface area contributed by atoms with Crippen LogP contribution in [0.25, 0.3) is 0 Å². The van der Waals surface area contributed by atoms with Gasteiger partial charge in [0.05, 0.1) is 5.70 Å². The summed E-state index contributed by atoms with van der Waals surface area (Å²) in [5.74, 6) is 2.21. The van der Waals surface area contributed by atoms with Gasteiger partial charge in [0.15, 0.2) is 5.82 Å². The van der Waals surface area contributed by atoms with Gasteiger partial charge in [0.25, 0.3) is 0 Å². The Morgan fingerprint density at radius 2 is 2.33 bits per heavy atom. The van der Waals surface area contributed by atoms with Gasteiger partial charge in [0.1, 0.15) is 5.88 Å². The van der Waals surface area contributed by atoms with Crippen LogP contribution in [0, 0.1) is 0 Å². The predicted octanol–water partition coefficient (Wildman–Crippen LogP) is -0.995. The van der Waals surface area contributed by atoms with Gasteiger partial charge in [-0.3, -0.25) is 10.0 Å². The molecule has 2 saturated heterocycles. The van der Waals surface area contributed by atoms with Crippen LogP contribution in [0.2, 0.25) is 0 Å². The summed E-state index contributed by atoms with van der Waals surface area (Å²) in [6.07, 6.45) is 0. The van der Waals surface area contributed by atoms with Crippen molar-refractivity contribution in [1.29, 1.82) is 0 Å². The van der Waals surface area contributed by atoms with Crippen LogP contribution in [0.3, 0.4) is 0 Å². The molecule has 2 fully saturated rings. The van der Waals surface area contributed by atoms with E-state index in [1.165, 1.54) is 11.5 Å². The summed E-state index contributed by atoms with van der Waals surface area (Å²) in [5, 5.41) is 7.71. The summed E-state index contributed by atoms with van der Waals surface area (Å²) >= 11 is 1.72. The van der Waals surface area contributed by atoms with Crippen molar-refractivity contribution in [1.82, 2.24) is 25.6 Å². The fourth-order valence-electron chi connectivity index (χ4n) is 1.67. The van der Waals surface area contributed by atoms with Crippen LogP contribution in [0.4, 0.5) is 0 Å². The molecular formula is C6H11N5S. The molecule has 0 bridgehead atoms. The number of nitrogens with zero attached hydrogens (tertiary/aromatic N) is 2. The summed E-state index contributed by atoms with van der Waals surface area (Å²) in [4.78, 5) is 0. The molecule has 3 heterocycles. The normalized spacial score (nSPS) is 27.3. The first-order valence-electron chi connectivity index (χ1n) is 4.08. The van der Waals surface area contributed by atoms with E-state index in [-0.39, 0.29) is 0 Å². The molecule has 0 spiro atoms. The Bertz CT molecular complexity index is 240. The summed E-state index contributed by atoms with van der Waals surface area (Å²) in [6, 6.07) is 0. The second-order valence-electron chi connectivity index (χ2n) is 3.03. The van der Waals surface area contributed by atoms with Crippen LogP contribution in [0.5, 0.6) is 0 Å². The first kappa shape index (κ1) is 6.88. The fourth-order valence-corrected chi connectivity index (χ4v) is 2.42. The van der Waals surface area contributed by atoms with E-state index in [1.807, 2.05) is 0 Å². The number of hydrogen-bond donors (Lipinski definition) is 3. The van der Waals surface area contributed by atoms with E-state index in [4.69, 9.17) is 0 Å². The molecule has 6 heteroatoms. The van der Waals surface area contributed by atoms with Crippen molar-refractivity contribution in [3.8, 4) is 0 Å². The van der Waals surface area contributed by atoms with E-state index in [2.05, 4.69) is 25.6 Å². The van der Waals surface area contributed by atoms with E-state index in [1.54, 1.807) is 11.9 Å². The maximum absolute atomic E-state index is 3.35. The minimum absolute atomic E-state index is 0.965. The molecule has 3 N–H and O–H groups in total. The Balaban J connectivity index is 1.94. The Labute approximate surface area is 75.2 Å². The predicted molar refractivity (Wildman–Crippen MR) is 47.2 cm³/mol. The number of hydrogen-bond acceptors (Lipinski definition) is 6. The highest BCUT2D eigenvalue weighted by Gasteiger charge is 2.33. The minimum atomic E-state index is 0.965. The van der Waals surface area contributed by atoms with Gasteiger partial charge in [-0.1, -0.05) is 0 Å². The average molecular weight is 185 g/mol. The lowest BCUT2D eigenvalue weighted by molar-refractivity contribution is 0.132. The van der Waals surface area contributed by atoms with Crippen LogP contribution >= 0.6 is 11.9 Å². The topological polar surface area (TPSA) is 42.6 Å². The maximum Gasteiger partial charge on any atom is 0.151 e. The second-order valence-corrected chi connectivity index (χ2v) is 3.78. The SMILES string of the molecule is C1CN2NN3CSNC3=C2CN1. The molecule has 0 atom stereocenters. The van der Waals surface area contributed by atoms with E-state index in [0.29, 0.717) is 0 Å². The molecule has 12 heavy (non-hydrogen) atoms.